The van der Waals surface area contributed by atoms with Gasteiger partial charge in [-0.3, -0.25) is 10.1 Å². The van der Waals surface area contributed by atoms with Crippen LogP contribution in [-0.4, -0.2) is 15.2 Å². The Morgan fingerprint density at radius 3 is 2.71 bits per heavy atom. The molecule has 14 heavy (non-hydrogen) atoms. The number of aromatic amines is 1. The molecule has 0 radical (unpaired) electrons. The molecule has 0 spiro atoms. The summed E-state index contributed by atoms with van der Waals surface area (Å²) in [6, 6.07) is 3.90. The van der Waals surface area contributed by atoms with Crippen LogP contribution in [0.3, 0.4) is 0 Å². The molecule has 2 heterocycles. The number of pyridine rings is 1. The average molecular weight is 188 g/mol. The van der Waals surface area contributed by atoms with E-state index in [1.807, 2.05) is 26.0 Å². The molecule has 0 unspecified atom stereocenters. The van der Waals surface area contributed by atoms with Crippen molar-refractivity contribution in [3.05, 3.63) is 29.6 Å². The third kappa shape index (κ3) is 1.25. The number of nitrogen functional groups attached to an aromatic ring is 1. The van der Waals surface area contributed by atoms with Crippen molar-refractivity contribution in [3.8, 4) is 11.3 Å². The quantitative estimate of drug-likeness (QED) is 0.715. The van der Waals surface area contributed by atoms with E-state index in [9.17, 15) is 0 Å². The SMILES string of the molecule is Cc1ncccc1-c1[nH]nc(N)c1C. The van der Waals surface area contributed by atoms with Crippen molar-refractivity contribution in [2.45, 2.75) is 13.8 Å². The zero-order valence-corrected chi connectivity index (χ0v) is 8.20. The summed E-state index contributed by atoms with van der Waals surface area (Å²) >= 11 is 0. The molecule has 3 N–H and O–H groups in total. The Labute approximate surface area is 82.2 Å². The van der Waals surface area contributed by atoms with E-state index in [4.69, 9.17) is 5.73 Å². The Kier molecular flexibility index (Phi) is 1.96. The standard InChI is InChI=1S/C10H12N4/c1-6-9(13-14-10(6)11)8-4-3-5-12-7(8)2/h3-5H,1-2H3,(H3,11,13,14). The topological polar surface area (TPSA) is 67.6 Å². The lowest BCUT2D eigenvalue weighted by molar-refractivity contribution is 1.09. The van der Waals surface area contributed by atoms with E-state index in [0.29, 0.717) is 5.82 Å². The maximum absolute atomic E-state index is 5.67. The smallest absolute Gasteiger partial charge is 0.148 e. The Balaban J connectivity index is 2.60. The molecule has 0 aliphatic heterocycles. The zero-order valence-electron chi connectivity index (χ0n) is 8.20. The lowest BCUT2D eigenvalue weighted by Gasteiger charge is -2.02. The zero-order chi connectivity index (χ0) is 10.1. The largest absolute Gasteiger partial charge is 0.382 e. The van der Waals surface area contributed by atoms with Crippen molar-refractivity contribution in [1.82, 2.24) is 15.2 Å². The van der Waals surface area contributed by atoms with Gasteiger partial charge in [0.1, 0.15) is 5.82 Å². The molecule has 0 bridgehead atoms. The number of aromatic nitrogens is 3. The molecule has 0 atom stereocenters. The van der Waals surface area contributed by atoms with E-state index < -0.39 is 0 Å². The summed E-state index contributed by atoms with van der Waals surface area (Å²) in [5.74, 6) is 0.545. The van der Waals surface area contributed by atoms with Crippen LogP contribution in [0.2, 0.25) is 0 Å². The third-order valence-corrected chi connectivity index (χ3v) is 2.32. The van der Waals surface area contributed by atoms with Crippen LogP contribution in [0, 0.1) is 13.8 Å². The maximum atomic E-state index is 5.67. The minimum atomic E-state index is 0.545. The fraction of sp³-hybridized carbons (Fsp3) is 0.200. The Bertz CT molecular complexity index is 459. The molecule has 0 fully saturated rings. The number of rotatable bonds is 1. The highest BCUT2D eigenvalue weighted by molar-refractivity contribution is 5.68. The average Bonchev–Trinajstić information content (AvgIpc) is 2.49. The molecule has 0 aliphatic carbocycles. The van der Waals surface area contributed by atoms with Crippen molar-refractivity contribution >= 4 is 5.82 Å². The van der Waals surface area contributed by atoms with Crippen LogP contribution < -0.4 is 5.73 Å². The highest BCUT2D eigenvalue weighted by atomic mass is 15.2. The van der Waals surface area contributed by atoms with Crippen LogP contribution in [-0.2, 0) is 0 Å². The molecule has 4 nitrogen and oxygen atoms in total. The van der Waals surface area contributed by atoms with E-state index in [0.717, 1.165) is 22.5 Å². The minimum absolute atomic E-state index is 0.545. The second kappa shape index (κ2) is 3.14. The first-order valence-electron chi connectivity index (χ1n) is 4.42. The summed E-state index contributed by atoms with van der Waals surface area (Å²) < 4.78 is 0. The number of nitrogens with one attached hydrogen (secondary N) is 1. The molecule has 2 rings (SSSR count). The van der Waals surface area contributed by atoms with Crippen LogP contribution >= 0.6 is 0 Å². The number of hydrogen-bond donors (Lipinski definition) is 2. The monoisotopic (exact) mass is 188 g/mol. The molecule has 0 saturated carbocycles. The number of nitrogens with zero attached hydrogens (tertiary/aromatic N) is 2. The summed E-state index contributed by atoms with van der Waals surface area (Å²) in [4.78, 5) is 4.22. The number of hydrogen-bond acceptors (Lipinski definition) is 3. The highest BCUT2D eigenvalue weighted by Crippen LogP contribution is 2.25. The van der Waals surface area contributed by atoms with Crippen LogP contribution in [0.5, 0.6) is 0 Å². The predicted molar refractivity (Wildman–Crippen MR) is 55.7 cm³/mol. The second-order valence-electron chi connectivity index (χ2n) is 3.25. The van der Waals surface area contributed by atoms with Crippen LogP contribution in [0.1, 0.15) is 11.3 Å². The lowest BCUT2D eigenvalue weighted by Crippen LogP contribution is -1.89. The van der Waals surface area contributed by atoms with Crippen molar-refractivity contribution < 1.29 is 0 Å². The van der Waals surface area contributed by atoms with Crippen molar-refractivity contribution in [1.29, 1.82) is 0 Å². The number of nitrogens with two attached hydrogens (primary N) is 1. The molecule has 4 heteroatoms. The minimum Gasteiger partial charge on any atom is -0.382 e. The first-order chi connectivity index (χ1) is 6.70. The molecular weight excluding hydrogens is 176 g/mol. The van der Waals surface area contributed by atoms with Gasteiger partial charge in [-0.05, 0) is 26.0 Å². The molecule has 0 aliphatic rings. The lowest BCUT2D eigenvalue weighted by atomic mass is 10.1. The van der Waals surface area contributed by atoms with E-state index in [2.05, 4.69) is 15.2 Å². The van der Waals surface area contributed by atoms with Gasteiger partial charge in [0.05, 0.1) is 5.69 Å². The molecule has 2 aromatic heterocycles. The fourth-order valence-electron chi connectivity index (χ4n) is 1.42. The highest BCUT2D eigenvalue weighted by Gasteiger charge is 2.09. The van der Waals surface area contributed by atoms with Crippen molar-refractivity contribution in [2.24, 2.45) is 0 Å². The second-order valence-corrected chi connectivity index (χ2v) is 3.25. The summed E-state index contributed by atoms with van der Waals surface area (Å²) in [5, 5.41) is 6.87. The van der Waals surface area contributed by atoms with E-state index in [-0.39, 0.29) is 0 Å². The summed E-state index contributed by atoms with van der Waals surface area (Å²) in [5.41, 5.74) is 9.61. The van der Waals surface area contributed by atoms with E-state index >= 15 is 0 Å². The Morgan fingerprint density at radius 1 is 1.36 bits per heavy atom. The third-order valence-electron chi connectivity index (χ3n) is 2.32. The van der Waals surface area contributed by atoms with Gasteiger partial charge in [0, 0.05) is 23.0 Å². The molecular formula is C10H12N4. The predicted octanol–water partition coefficient (Wildman–Crippen LogP) is 1.67. The van der Waals surface area contributed by atoms with Gasteiger partial charge in [0.25, 0.3) is 0 Å². The van der Waals surface area contributed by atoms with Crippen molar-refractivity contribution in [3.63, 3.8) is 0 Å². The Morgan fingerprint density at radius 2 is 2.14 bits per heavy atom. The van der Waals surface area contributed by atoms with Gasteiger partial charge in [-0.25, -0.2) is 0 Å². The molecule has 72 valence electrons. The van der Waals surface area contributed by atoms with Crippen LogP contribution in [0.4, 0.5) is 5.82 Å². The van der Waals surface area contributed by atoms with Gasteiger partial charge < -0.3 is 5.73 Å². The van der Waals surface area contributed by atoms with Crippen LogP contribution in [0.25, 0.3) is 11.3 Å². The van der Waals surface area contributed by atoms with Gasteiger partial charge in [-0.15, -0.1) is 0 Å². The van der Waals surface area contributed by atoms with Gasteiger partial charge in [-0.2, -0.15) is 5.10 Å². The van der Waals surface area contributed by atoms with Crippen LogP contribution in [0.15, 0.2) is 18.3 Å². The first-order valence-corrected chi connectivity index (χ1v) is 4.42. The summed E-state index contributed by atoms with van der Waals surface area (Å²) in [6.45, 7) is 3.91. The fourth-order valence-corrected chi connectivity index (χ4v) is 1.42. The number of aryl methyl sites for hydroxylation is 1. The molecule has 0 amide bonds. The van der Waals surface area contributed by atoms with Gasteiger partial charge >= 0.3 is 0 Å². The van der Waals surface area contributed by atoms with Gasteiger partial charge in [-0.1, -0.05) is 0 Å². The normalized spacial score (nSPS) is 10.4. The number of anilines is 1. The van der Waals surface area contributed by atoms with Crippen molar-refractivity contribution in [2.75, 3.05) is 5.73 Å². The Hall–Kier alpha value is -1.84. The molecule has 2 aromatic rings. The summed E-state index contributed by atoms with van der Waals surface area (Å²) in [7, 11) is 0. The van der Waals surface area contributed by atoms with E-state index in [1.54, 1.807) is 6.20 Å². The van der Waals surface area contributed by atoms with E-state index in [1.165, 1.54) is 0 Å². The van der Waals surface area contributed by atoms with Gasteiger partial charge in [0.15, 0.2) is 0 Å². The number of H-pyrrole nitrogens is 1. The summed E-state index contributed by atoms with van der Waals surface area (Å²) in [6.07, 6.45) is 1.77. The maximum Gasteiger partial charge on any atom is 0.148 e. The molecule has 0 saturated heterocycles. The first kappa shape index (κ1) is 8.74. The van der Waals surface area contributed by atoms with Gasteiger partial charge in [0.2, 0.25) is 0 Å². The molecule has 0 aromatic carbocycles.